The predicted octanol–water partition coefficient (Wildman–Crippen LogP) is 3.02. The van der Waals surface area contributed by atoms with Crippen LogP contribution in [-0.2, 0) is 9.84 Å². The van der Waals surface area contributed by atoms with Gasteiger partial charge in [-0.15, -0.1) is 0 Å². The summed E-state index contributed by atoms with van der Waals surface area (Å²) in [5.41, 5.74) is 1.25. The Morgan fingerprint density at radius 3 is 2.69 bits per heavy atom. The molecule has 0 aliphatic heterocycles. The summed E-state index contributed by atoms with van der Waals surface area (Å²) in [6.45, 7) is 3.95. The first kappa shape index (κ1) is 17.8. The molecular formula is C19H28N4O2S. The van der Waals surface area contributed by atoms with E-state index >= 15 is 0 Å². The van der Waals surface area contributed by atoms with Gasteiger partial charge < -0.3 is 9.88 Å². The van der Waals surface area contributed by atoms with Crippen LogP contribution >= 0.6 is 0 Å². The first-order valence-electron chi connectivity index (χ1n) is 9.48. The van der Waals surface area contributed by atoms with Crippen LogP contribution in [0.5, 0.6) is 0 Å². The number of sulfone groups is 1. The van der Waals surface area contributed by atoms with E-state index < -0.39 is 9.84 Å². The third kappa shape index (κ3) is 3.21. The number of anilines is 1. The minimum atomic E-state index is -2.90. The molecule has 6 nitrogen and oxygen atoms in total. The Kier molecular flexibility index (Phi) is 4.25. The van der Waals surface area contributed by atoms with Crippen molar-refractivity contribution in [1.82, 2.24) is 15.0 Å². The standard InChI is InChI=1S/C19H28N4O2S/c1-13(2)10-26(24,25)11-14-6-19(7-14)8-15(9-19)23(3)18-16-4-5-20-17(16)21-12-22-18/h4-5,12-15H,6-11H2,1-3H3,(H,20,21,22). The van der Waals surface area contributed by atoms with Gasteiger partial charge in [0, 0.05) is 19.3 Å². The lowest BCUT2D eigenvalue weighted by Crippen LogP contribution is -2.56. The lowest BCUT2D eigenvalue weighted by Gasteiger charge is -2.59. The molecule has 0 radical (unpaired) electrons. The lowest BCUT2D eigenvalue weighted by atomic mass is 9.50. The molecule has 0 aromatic carbocycles. The monoisotopic (exact) mass is 376 g/mol. The number of fused-ring (bicyclic) bond motifs is 1. The van der Waals surface area contributed by atoms with Gasteiger partial charge in [0.15, 0.2) is 9.84 Å². The number of aromatic amines is 1. The maximum absolute atomic E-state index is 12.2. The zero-order valence-corrected chi connectivity index (χ0v) is 16.6. The van der Waals surface area contributed by atoms with Crippen molar-refractivity contribution in [2.75, 3.05) is 23.5 Å². The Balaban J connectivity index is 1.33. The van der Waals surface area contributed by atoms with Gasteiger partial charge >= 0.3 is 0 Å². The Hall–Kier alpha value is -1.63. The van der Waals surface area contributed by atoms with Crippen LogP contribution in [0.3, 0.4) is 0 Å². The first-order chi connectivity index (χ1) is 12.3. The number of hydrogen-bond acceptors (Lipinski definition) is 5. The van der Waals surface area contributed by atoms with Gasteiger partial charge in [0.1, 0.15) is 17.8 Å². The molecule has 2 aromatic heterocycles. The summed E-state index contributed by atoms with van der Waals surface area (Å²) in [6, 6.07) is 2.50. The largest absolute Gasteiger partial charge is 0.356 e. The summed E-state index contributed by atoms with van der Waals surface area (Å²) in [5, 5.41) is 1.06. The van der Waals surface area contributed by atoms with Crippen molar-refractivity contribution in [1.29, 1.82) is 0 Å². The van der Waals surface area contributed by atoms with Gasteiger partial charge in [-0.05, 0) is 49.0 Å². The number of nitrogens with zero attached hydrogens (tertiary/aromatic N) is 3. The minimum Gasteiger partial charge on any atom is -0.356 e. The average molecular weight is 377 g/mol. The van der Waals surface area contributed by atoms with Crippen LogP contribution in [0.4, 0.5) is 5.82 Å². The first-order valence-corrected chi connectivity index (χ1v) is 11.3. The molecule has 1 N–H and O–H groups in total. The zero-order valence-electron chi connectivity index (χ0n) is 15.8. The van der Waals surface area contributed by atoms with E-state index in [-0.39, 0.29) is 5.92 Å². The molecule has 4 rings (SSSR count). The molecule has 2 saturated carbocycles. The number of aromatic nitrogens is 3. The highest BCUT2D eigenvalue weighted by Crippen LogP contribution is 2.60. The molecule has 2 aromatic rings. The molecule has 2 fully saturated rings. The van der Waals surface area contributed by atoms with E-state index in [0.29, 0.717) is 28.9 Å². The van der Waals surface area contributed by atoms with Crippen LogP contribution in [0.1, 0.15) is 39.5 Å². The van der Waals surface area contributed by atoms with Crippen LogP contribution in [0.15, 0.2) is 18.6 Å². The summed E-state index contributed by atoms with van der Waals surface area (Å²) in [7, 11) is -0.790. The summed E-state index contributed by atoms with van der Waals surface area (Å²) in [4.78, 5) is 14.1. The predicted molar refractivity (Wildman–Crippen MR) is 104 cm³/mol. The van der Waals surface area contributed by atoms with Crippen molar-refractivity contribution in [2.24, 2.45) is 17.3 Å². The van der Waals surface area contributed by atoms with Gasteiger partial charge in [-0.2, -0.15) is 0 Å². The quantitative estimate of drug-likeness (QED) is 0.838. The molecule has 1 spiro atoms. The lowest BCUT2D eigenvalue weighted by molar-refractivity contribution is -0.0313. The van der Waals surface area contributed by atoms with E-state index in [9.17, 15) is 8.42 Å². The molecule has 2 aliphatic rings. The fourth-order valence-corrected chi connectivity index (χ4v) is 7.18. The summed E-state index contributed by atoms with van der Waals surface area (Å²) in [6.07, 6.45) is 7.92. The molecule has 2 aliphatic carbocycles. The molecule has 2 heterocycles. The van der Waals surface area contributed by atoms with E-state index in [2.05, 4.69) is 26.9 Å². The van der Waals surface area contributed by atoms with Crippen molar-refractivity contribution in [3.8, 4) is 0 Å². The second-order valence-corrected chi connectivity index (χ2v) is 11.0. The van der Waals surface area contributed by atoms with Crippen molar-refractivity contribution in [3.05, 3.63) is 18.6 Å². The number of nitrogens with one attached hydrogen (secondary N) is 1. The smallest absolute Gasteiger partial charge is 0.150 e. The zero-order chi connectivity index (χ0) is 18.5. The SMILES string of the molecule is CC(C)CS(=O)(=O)CC1CC2(C1)CC(N(C)c1ncnc3[nH]ccc13)C2. The molecule has 0 atom stereocenters. The van der Waals surface area contributed by atoms with Gasteiger partial charge in [-0.1, -0.05) is 13.8 Å². The van der Waals surface area contributed by atoms with E-state index in [0.717, 1.165) is 42.5 Å². The maximum atomic E-state index is 12.2. The Morgan fingerprint density at radius 1 is 1.27 bits per heavy atom. The topological polar surface area (TPSA) is 79.0 Å². The summed E-state index contributed by atoms with van der Waals surface area (Å²) in [5.74, 6) is 2.26. The molecule has 0 amide bonds. The Labute approximate surface area is 155 Å². The third-order valence-corrected chi connectivity index (χ3v) is 8.23. The number of hydrogen-bond donors (Lipinski definition) is 1. The molecule has 0 unspecified atom stereocenters. The third-order valence-electron chi connectivity index (χ3n) is 6.07. The molecule has 142 valence electrons. The van der Waals surface area contributed by atoms with Gasteiger partial charge in [0.05, 0.1) is 16.9 Å². The van der Waals surface area contributed by atoms with Crippen LogP contribution in [0, 0.1) is 17.3 Å². The van der Waals surface area contributed by atoms with Gasteiger partial charge in [-0.3, -0.25) is 0 Å². The molecular weight excluding hydrogens is 348 g/mol. The average Bonchev–Trinajstić information content (AvgIpc) is 2.94. The minimum absolute atomic E-state index is 0.217. The second-order valence-electron chi connectivity index (χ2n) is 8.86. The summed E-state index contributed by atoms with van der Waals surface area (Å²) >= 11 is 0. The van der Waals surface area contributed by atoms with Gasteiger partial charge in [0.2, 0.25) is 0 Å². The second kappa shape index (κ2) is 6.22. The molecule has 0 bridgehead atoms. The van der Waals surface area contributed by atoms with Crippen molar-refractivity contribution in [2.45, 2.75) is 45.6 Å². The van der Waals surface area contributed by atoms with Crippen molar-refractivity contribution in [3.63, 3.8) is 0 Å². The Bertz CT molecular complexity index is 891. The molecule has 26 heavy (non-hydrogen) atoms. The van der Waals surface area contributed by atoms with E-state index in [1.54, 1.807) is 6.33 Å². The van der Waals surface area contributed by atoms with Crippen LogP contribution in [-0.4, -0.2) is 48.0 Å². The highest BCUT2D eigenvalue weighted by Gasteiger charge is 2.54. The van der Waals surface area contributed by atoms with Crippen LogP contribution in [0.2, 0.25) is 0 Å². The maximum Gasteiger partial charge on any atom is 0.150 e. The molecule has 7 heteroatoms. The fourth-order valence-electron chi connectivity index (χ4n) is 5.08. The van der Waals surface area contributed by atoms with Gasteiger partial charge in [0.25, 0.3) is 0 Å². The highest BCUT2D eigenvalue weighted by molar-refractivity contribution is 7.91. The van der Waals surface area contributed by atoms with E-state index in [1.165, 1.54) is 0 Å². The van der Waals surface area contributed by atoms with Crippen LogP contribution in [0.25, 0.3) is 11.0 Å². The summed E-state index contributed by atoms with van der Waals surface area (Å²) < 4.78 is 24.4. The van der Waals surface area contributed by atoms with Crippen LogP contribution < -0.4 is 4.90 Å². The Morgan fingerprint density at radius 2 is 2.00 bits per heavy atom. The van der Waals surface area contributed by atoms with Crippen molar-refractivity contribution < 1.29 is 8.42 Å². The van der Waals surface area contributed by atoms with E-state index in [4.69, 9.17) is 0 Å². The highest BCUT2D eigenvalue weighted by atomic mass is 32.2. The van der Waals surface area contributed by atoms with E-state index in [1.807, 2.05) is 26.1 Å². The molecule has 0 saturated heterocycles. The number of rotatable bonds is 6. The van der Waals surface area contributed by atoms with Gasteiger partial charge in [-0.25, -0.2) is 18.4 Å². The van der Waals surface area contributed by atoms with Crippen molar-refractivity contribution >= 4 is 26.7 Å². The fraction of sp³-hybridized carbons (Fsp3) is 0.684. The number of H-pyrrole nitrogens is 1. The normalized spacial score (nSPS) is 28.3.